The Morgan fingerprint density at radius 1 is 1.11 bits per heavy atom. The molecule has 1 saturated carbocycles. The number of carbonyl (C=O) groups excluding carboxylic acids is 1. The Morgan fingerprint density at radius 2 is 1.74 bits per heavy atom. The molecule has 2 aliphatic rings. The van der Waals surface area contributed by atoms with Crippen LogP contribution in [0.1, 0.15) is 32.6 Å². The van der Waals surface area contributed by atoms with E-state index in [9.17, 15) is 13.2 Å². The van der Waals surface area contributed by atoms with E-state index in [0.29, 0.717) is 43.7 Å². The van der Waals surface area contributed by atoms with Crippen molar-refractivity contribution in [3.05, 3.63) is 29.3 Å². The second-order valence-electron chi connectivity index (χ2n) is 7.57. The molecule has 150 valence electrons. The van der Waals surface area contributed by atoms with E-state index < -0.39 is 10.0 Å². The molecule has 1 N–H and O–H groups in total. The average Bonchev–Trinajstić information content (AvgIpc) is 2.64. The smallest absolute Gasteiger partial charge is 0.243 e. The van der Waals surface area contributed by atoms with Gasteiger partial charge in [-0.2, -0.15) is 4.31 Å². The van der Waals surface area contributed by atoms with Crippen LogP contribution in [-0.4, -0.2) is 62.3 Å². The maximum absolute atomic E-state index is 12.7. The summed E-state index contributed by atoms with van der Waals surface area (Å²) in [7, 11) is -3.51. The summed E-state index contributed by atoms with van der Waals surface area (Å²) < 4.78 is 26.9. The van der Waals surface area contributed by atoms with Gasteiger partial charge in [-0.15, -0.1) is 0 Å². The van der Waals surface area contributed by atoms with Crippen molar-refractivity contribution in [2.45, 2.75) is 43.5 Å². The van der Waals surface area contributed by atoms with Crippen LogP contribution in [0.4, 0.5) is 0 Å². The molecule has 1 aliphatic carbocycles. The number of nitrogens with zero attached hydrogens (tertiary/aromatic N) is 2. The van der Waals surface area contributed by atoms with Gasteiger partial charge in [0.1, 0.15) is 0 Å². The van der Waals surface area contributed by atoms with Gasteiger partial charge in [0.05, 0.1) is 11.4 Å². The highest BCUT2D eigenvalue weighted by atomic mass is 35.5. The highest BCUT2D eigenvalue weighted by Gasteiger charge is 2.30. The van der Waals surface area contributed by atoms with Crippen LogP contribution < -0.4 is 5.32 Å². The van der Waals surface area contributed by atoms with Crippen LogP contribution in [0.25, 0.3) is 0 Å². The number of carbonyl (C=O) groups is 1. The molecule has 8 heteroatoms. The van der Waals surface area contributed by atoms with Gasteiger partial charge in [0.25, 0.3) is 0 Å². The minimum atomic E-state index is -3.51. The second-order valence-corrected chi connectivity index (χ2v) is 9.94. The maximum atomic E-state index is 12.7. The Labute approximate surface area is 166 Å². The molecular formula is C19H28ClN3O3S. The predicted octanol–water partition coefficient (Wildman–Crippen LogP) is 2.34. The van der Waals surface area contributed by atoms with Crippen molar-refractivity contribution in [2.24, 2.45) is 5.92 Å². The largest absolute Gasteiger partial charge is 0.352 e. The van der Waals surface area contributed by atoms with Crippen LogP contribution in [0.3, 0.4) is 0 Å². The number of sulfonamides is 1. The van der Waals surface area contributed by atoms with E-state index in [1.54, 1.807) is 12.1 Å². The lowest BCUT2D eigenvalue weighted by atomic mass is 9.86. The summed E-state index contributed by atoms with van der Waals surface area (Å²) in [6, 6.07) is 6.51. The number of benzene rings is 1. The zero-order valence-electron chi connectivity index (χ0n) is 15.7. The summed E-state index contributed by atoms with van der Waals surface area (Å²) in [6.45, 7) is 4.42. The summed E-state index contributed by atoms with van der Waals surface area (Å²) >= 11 is 5.84. The molecular weight excluding hydrogens is 386 g/mol. The van der Waals surface area contributed by atoms with Gasteiger partial charge in [0, 0.05) is 37.2 Å². The fourth-order valence-corrected chi connectivity index (χ4v) is 5.42. The molecule has 2 atom stereocenters. The normalized spacial score (nSPS) is 25.3. The molecule has 2 unspecified atom stereocenters. The standard InChI is InChI=1S/C19H28ClN3O3S/c1-15-4-2-3-5-18(15)21-19(24)14-22-10-12-23(13-11-22)27(25,26)17-8-6-16(20)7-9-17/h6-9,15,18H,2-5,10-14H2,1H3,(H,21,24). The molecule has 1 aliphatic heterocycles. The molecule has 1 saturated heterocycles. The first-order chi connectivity index (χ1) is 12.9. The first-order valence-corrected chi connectivity index (χ1v) is 11.5. The number of piperazine rings is 1. The van der Waals surface area contributed by atoms with Gasteiger partial charge >= 0.3 is 0 Å². The van der Waals surface area contributed by atoms with Gasteiger partial charge in [0.15, 0.2) is 0 Å². The third kappa shape index (κ3) is 5.22. The van der Waals surface area contributed by atoms with Crippen LogP contribution >= 0.6 is 11.6 Å². The minimum Gasteiger partial charge on any atom is -0.352 e. The lowest BCUT2D eigenvalue weighted by Crippen LogP contribution is -2.52. The van der Waals surface area contributed by atoms with E-state index in [-0.39, 0.29) is 16.8 Å². The number of amides is 1. The van der Waals surface area contributed by atoms with Gasteiger partial charge in [0.2, 0.25) is 15.9 Å². The molecule has 27 heavy (non-hydrogen) atoms. The number of hydrogen-bond acceptors (Lipinski definition) is 4. The van der Waals surface area contributed by atoms with Crippen LogP contribution in [0.15, 0.2) is 29.2 Å². The van der Waals surface area contributed by atoms with E-state index in [1.807, 2.05) is 4.90 Å². The summed E-state index contributed by atoms with van der Waals surface area (Å²) in [4.78, 5) is 14.6. The van der Waals surface area contributed by atoms with Crippen molar-refractivity contribution in [2.75, 3.05) is 32.7 Å². The Bertz CT molecular complexity index is 746. The first-order valence-electron chi connectivity index (χ1n) is 9.64. The third-order valence-corrected chi connectivity index (χ3v) is 7.77. The number of halogens is 1. The molecule has 1 aromatic carbocycles. The van der Waals surface area contributed by atoms with Crippen LogP contribution in [-0.2, 0) is 14.8 Å². The Balaban J connectivity index is 1.49. The Hall–Kier alpha value is -1.15. The molecule has 0 radical (unpaired) electrons. The summed E-state index contributed by atoms with van der Waals surface area (Å²) in [5.74, 6) is 0.576. The molecule has 2 fully saturated rings. The number of nitrogens with one attached hydrogen (secondary N) is 1. The molecule has 0 aromatic heterocycles. The SMILES string of the molecule is CC1CCCCC1NC(=O)CN1CCN(S(=O)(=O)c2ccc(Cl)cc2)CC1. The predicted molar refractivity (Wildman–Crippen MR) is 106 cm³/mol. The maximum Gasteiger partial charge on any atom is 0.243 e. The van der Waals surface area contributed by atoms with Crippen LogP contribution in [0.2, 0.25) is 5.02 Å². The van der Waals surface area contributed by atoms with Crippen molar-refractivity contribution in [3.8, 4) is 0 Å². The van der Waals surface area contributed by atoms with Crippen LogP contribution in [0.5, 0.6) is 0 Å². The third-order valence-electron chi connectivity index (χ3n) is 5.61. The van der Waals surface area contributed by atoms with Gasteiger partial charge in [-0.25, -0.2) is 8.42 Å². The van der Waals surface area contributed by atoms with E-state index in [0.717, 1.165) is 6.42 Å². The van der Waals surface area contributed by atoms with E-state index >= 15 is 0 Å². The van der Waals surface area contributed by atoms with Crippen molar-refractivity contribution in [1.82, 2.24) is 14.5 Å². The monoisotopic (exact) mass is 413 g/mol. The van der Waals surface area contributed by atoms with Crippen molar-refractivity contribution in [1.29, 1.82) is 0 Å². The molecule has 0 bridgehead atoms. The van der Waals surface area contributed by atoms with Gasteiger partial charge in [-0.05, 0) is 43.0 Å². The molecule has 6 nitrogen and oxygen atoms in total. The highest BCUT2D eigenvalue weighted by Crippen LogP contribution is 2.24. The van der Waals surface area contributed by atoms with Crippen molar-refractivity contribution < 1.29 is 13.2 Å². The topological polar surface area (TPSA) is 69.7 Å². The second kappa shape index (κ2) is 8.90. The highest BCUT2D eigenvalue weighted by molar-refractivity contribution is 7.89. The quantitative estimate of drug-likeness (QED) is 0.804. The van der Waals surface area contributed by atoms with Gasteiger partial charge in [-0.1, -0.05) is 31.4 Å². The van der Waals surface area contributed by atoms with Crippen LogP contribution in [0, 0.1) is 5.92 Å². The van der Waals surface area contributed by atoms with Crippen molar-refractivity contribution >= 4 is 27.5 Å². The fraction of sp³-hybridized carbons (Fsp3) is 0.632. The fourth-order valence-electron chi connectivity index (χ4n) is 3.87. The van der Waals surface area contributed by atoms with E-state index in [2.05, 4.69) is 12.2 Å². The zero-order chi connectivity index (χ0) is 19.4. The molecule has 3 rings (SSSR count). The lowest BCUT2D eigenvalue weighted by molar-refractivity contribution is -0.123. The molecule has 1 amide bonds. The minimum absolute atomic E-state index is 0.0442. The average molecular weight is 414 g/mol. The molecule has 0 spiro atoms. The summed E-state index contributed by atoms with van der Waals surface area (Å²) in [6.07, 6.45) is 4.65. The van der Waals surface area contributed by atoms with E-state index in [1.165, 1.54) is 35.7 Å². The molecule has 1 heterocycles. The summed E-state index contributed by atoms with van der Waals surface area (Å²) in [5, 5.41) is 3.67. The Kier molecular flexibility index (Phi) is 6.78. The van der Waals surface area contributed by atoms with E-state index in [4.69, 9.17) is 11.6 Å². The number of rotatable bonds is 5. The summed E-state index contributed by atoms with van der Waals surface area (Å²) in [5.41, 5.74) is 0. The number of hydrogen-bond donors (Lipinski definition) is 1. The van der Waals surface area contributed by atoms with Gasteiger partial charge in [-0.3, -0.25) is 9.69 Å². The Morgan fingerprint density at radius 3 is 2.37 bits per heavy atom. The zero-order valence-corrected chi connectivity index (χ0v) is 17.3. The first kappa shape index (κ1) is 20.6. The lowest BCUT2D eigenvalue weighted by Gasteiger charge is -2.34. The van der Waals surface area contributed by atoms with Crippen molar-refractivity contribution in [3.63, 3.8) is 0 Å². The van der Waals surface area contributed by atoms with Gasteiger partial charge < -0.3 is 5.32 Å². The molecule has 1 aromatic rings.